The van der Waals surface area contributed by atoms with Crippen LogP contribution in [0.3, 0.4) is 0 Å². The summed E-state index contributed by atoms with van der Waals surface area (Å²) < 4.78 is 9.73. The molecule has 0 radical (unpaired) electrons. The van der Waals surface area contributed by atoms with Gasteiger partial charge in [-0.1, -0.05) is 6.07 Å². The molecule has 1 unspecified atom stereocenters. The van der Waals surface area contributed by atoms with E-state index in [0.717, 1.165) is 50.5 Å². The lowest BCUT2D eigenvalue weighted by molar-refractivity contribution is 0.0517. The normalized spacial score (nSPS) is 17.2. The first-order valence-electron chi connectivity index (χ1n) is 9.10. The van der Waals surface area contributed by atoms with E-state index in [1.807, 2.05) is 29.2 Å². The summed E-state index contributed by atoms with van der Waals surface area (Å²) in [7, 11) is 0. The van der Waals surface area contributed by atoms with Crippen molar-refractivity contribution in [1.82, 2.24) is 24.5 Å². The largest absolute Gasteiger partial charge is 0.381 e. The zero-order chi connectivity index (χ0) is 17.1. The monoisotopic (exact) mass is 339 g/mol. The SMILES string of the molecule is CCn1ccnc1C(NCc1cnn2ccccc12)C1CCOCC1. The quantitative estimate of drug-likeness (QED) is 0.750. The fourth-order valence-corrected chi connectivity index (χ4v) is 3.73. The van der Waals surface area contributed by atoms with Crippen LogP contribution in [0.4, 0.5) is 0 Å². The van der Waals surface area contributed by atoms with Gasteiger partial charge in [0.1, 0.15) is 5.82 Å². The van der Waals surface area contributed by atoms with Crippen molar-refractivity contribution in [3.05, 3.63) is 54.4 Å². The van der Waals surface area contributed by atoms with E-state index < -0.39 is 0 Å². The third-order valence-electron chi connectivity index (χ3n) is 5.12. The first-order chi connectivity index (χ1) is 12.4. The highest BCUT2D eigenvalue weighted by atomic mass is 16.5. The molecule has 3 aromatic rings. The van der Waals surface area contributed by atoms with Gasteiger partial charge in [-0.2, -0.15) is 5.10 Å². The molecule has 4 heterocycles. The number of pyridine rings is 1. The number of ether oxygens (including phenoxy) is 1. The molecule has 0 spiro atoms. The van der Waals surface area contributed by atoms with Crippen molar-refractivity contribution in [3.63, 3.8) is 0 Å². The Hall–Kier alpha value is -2.18. The number of rotatable bonds is 6. The van der Waals surface area contributed by atoms with Gasteiger partial charge in [-0.05, 0) is 37.8 Å². The van der Waals surface area contributed by atoms with E-state index in [0.29, 0.717) is 5.92 Å². The fourth-order valence-electron chi connectivity index (χ4n) is 3.73. The maximum Gasteiger partial charge on any atom is 0.126 e. The standard InChI is InChI=1S/C19H25N5O/c1-2-23-10-8-20-19(23)18(15-6-11-25-12-7-15)21-13-16-14-22-24-9-4-3-5-17(16)24/h3-5,8-10,14-15,18,21H,2,6-7,11-13H2,1H3. The lowest BCUT2D eigenvalue weighted by Crippen LogP contribution is -2.33. The molecule has 6 nitrogen and oxygen atoms in total. The molecule has 1 aliphatic heterocycles. The van der Waals surface area contributed by atoms with E-state index in [-0.39, 0.29) is 6.04 Å². The van der Waals surface area contributed by atoms with E-state index in [4.69, 9.17) is 4.74 Å². The molecule has 1 atom stereocenters. The zero-order valence-corrected chi connectivity index (χ0v) is 14.6. The molecular weight excluding hydrogens is 314 g/mol. The third kappa shape index (κ3) is 3.32. The molecule has 1 saturated heterocycles. The van der Waals surface area contributed by atoms with Crippen LogP contribution in [0.2, 0.25) is 0 Å². The van der Waals surface area contributed by atoms with Crippen LogP contribution >= 0.6 is 0 Å². The Morgan fingerprint density at radius 1 is 1.28 bits per heavy atom. The molecule has 25 heavy (non-hydrogen) atoms. The molecule has 0 saturated carbocycles. The molecule has 1 aliphatic rings. The Balaban J connectivity index is 1.57. The predicted molar refractivity (Wildman–Crippen MR) is 96.2 cm³/mol. The van der Waals surface area contributed by atoms with Crippen molar-refractivity contribution in [2.24, 2.45) is 5.92 Å². The first-order valence-corrected chi connectivity index (χ1v) is 9.10. The van der Waals surface area contributed by atoms with Crippen molar-refractivity contribution in [3.8, 4) is 0 Å². The van der Waals surface area contributed by atoms with Gasteiger partial charge in [-0.3, -0.25) is 0 Å². The summed E-state index contributed by atoms with van der Waals surface area (Å²) in [6.07, 6.45) is 10.1. The predicted octanol–water partition coefficient (Wildman–Crippen LogP) is 2.81. The van der Waals surface area contributed by atoms with Crippen molar-refractivity contribution < 1.29 is 4.74 Å². The minimum Gasteiger partial charge on any atom is -0.381 e. The van der Waals surface area contributed by atoms with Gasteiger partial charge >= 0.3 is 0 Å². The van der Waals surface area contributed by atoms with Gasteiger partial charge in [0, 0.05) is 50.5 Å². The molecular formula is C19H25N5O. The maximum atomic E-state index is 5.56. The number of imidazole rings is 1. The summed E-state index contributed by atoms with van der Waals surface area (Å²) >= 11 is 0. The van der Waals surface area contributed by atoms with Crippen LogP contribution in [-0.2, 0) is 17.8 Å². The number of aryl methyl sites for hydroxylation is 1. The van der Waals surface area contributed by atoms with Crippen LogP contribution in [0, 0.1) is 5.92 Å². The van der Waals surface area contributed by atoms with Gasteiger partial charge in [-0.25, -0.2) is 9.50 Å². The number of fused-ring (bicyclic) bond motifs is 1. The van der Waals surface area contributed by atoms with Gasteiger partial charge in [-0.15, -0.1) is 0 Å². The maximum absolute atomic E-state index is 5.56. The molecule has 0 aromatic carbocycles. The topological polar surface area (TPSA) is 56.4 Å². The summed E-state index contributed by atoms with van der Waals surface area (Å²) in [5.41, 5.74) is 2.37. The number of hydrogen-bond donors (Lipinski definition) is 1. The van der Waals surface area contributed by atoms with E-state index >= 15 is 0 Å². The summed E-state index contributed by atoms with van der Waals surface area (Å²) in [5.74, 6) is 1.68. The van der Waals surface area contributed by atoms with Crippen LogP contribution < -0.4 is 5.32 Å². The second-order valence-corrected chi connectivity index (χ2v) is 6.58. The number of nitrogens with zero attached hydrogens (tertiary/aromatic N) is 4. The Morgan fingerprint density at radius 3 is 3.00 bits per heavy atom. The first kappa shape index (κ1) is 16.3. The van der Waals surface area contributed by atoms with Crippen LogP contribution in [-0.4, -0.2) is 32.4 Å². The average molecular weight is 339 g/mol. The Labute approximate surface area is 147 Å². The summed E-state index contributed by atoms with van der Waals surface area (Å²) in [6.45, 7) is 5.57. The van der Waals surface area contributed by atoms with Crippen LogP contribution in [0.5, 0.6) is 0 Å². The molecule has 1 fully saturated rings. The molecule has 0 aliphatic carbocycles. The van der Waals surface area contributed by atoms with E-state index in [9.17, 15) is 0 Å². The highest BCUT2D eigenvalue weighted by molar-refractivity contribution is 5.53. The van der Waals surface area contributed by atoms with Crippen molar-refractivity contribution in [1.29, 1.82) is 0 Å². The third-order valence-corrected chi connectivity index (χ3v) is 5.12. The van der Waals surface area contributed by atoms with Gasteiger partial charge < -0.3 is 14.6 Å². The van der Waals surface area contributed by atoms with Gasteiger partial charge in [0.15, 0.2) is 0 Å². The fraction of sp³-hybridized carbons (Fsp3) is 0.474. The second kappa shape index (κ2) is 7.37. The number of hydrogen-bond acceptors (Lipinski definition) is 4. The molecule has 4 rings (SSSR count). The minimum atomic E-state index is 0.234. The molecule has 0 amide bonds. The number of nitrogens with one attached hydrogen (secondary N) is 1. The number of aromatic nitrogens is 4. The van der Waals surface area contributed by atoms with Crippen LogP contribution in [0.1, 0.15) is 37.2 Å². The lowest BCUT2D eigenvalue weighted by atomic mass is 9.91. The summed E-state index contributed by atoms with van der Waals surface area (Å²) in [4.78, 5) is 4.66. The Bertz CT molecular complexity index is 818. The molecule has 3 aromatic heterocycles. The molecule has 132 valence electrons. The average Bonchev–Trinajstić information content (AvgIpc) is 3.30. The lowest BCUT2D eigenvalue weighted by Gasteiger charge is -2.31. The van der Waals surface area contributed by atoms with Gasteiger partial charge in [0.25, 0.3) is 0 Å². The van der Waals surface area contributed by atoms with Gasteiger partial charge in [0.05, 0.1) is 17.8 Å². The van der Waals surface area contributed by atoms with Crippen molar-refractivity contribution in [2.45, 2.75) is 38.9 Å². The highest BCUT2D eigenvalue weighted by Gasteiger charge is 2.28. The highest BCUT2D eigenvalue weighted by Crippen LogP contribution is 2.30. The minimum absolute atomic E-state index is 0.234. The van der Waals surface area contributed by atoms with Crippen molar-refractivity contribution in [2.75, 3.05) is 13.2 Å². The zero-order valence-electron chi connectivity index (χ0n) is 14.6. The Morgan fingerprint density at radius 2 is 2.16 bits per heavy atom. The summed E-state index contributed by atoms with van der Waals surface area (Å²) in [6, 6.07) is 6.40. The van der Waals surface area contributed by atoms with Crippen LogP contribution in [0.25, 0.3) is 5.52 Å². The van der Waals surface area contributed by atoms with E-state index in [1.54, 1.807) is 0 Å². The summed E-state index contributed by atoms with van der Waals surface area (Å²) in [5, 5.41) is 8.21. The van der Waals surface area contributed by atoms with E-state index in [1.165, 1.54) is 5.56 Å². The molecule has 6 heteroatoms. The molecule has 1 N–H and O–H groups in total. The second-order valence-electron chi connectivity index (χ2n) is 6.58. The van der Waals surface area contributed by atoms with E-state index in [2.05, 4.69) is 45.2 Å². The van der Waals surface area contributed by atoms with Crippen molar-refractivity contribution >= 4 is 5.52 Å². The Kier molecular flexibility index (Phi) is 4.81. The van der Waals surface area contributed by atoms with Gasteiger partial charge in [0.2, 0.25) is 0 Å². The smallest absolute Gasteiger partial charge is 0.126 e. The van der Waals surface area contributed by atoms with Crippen LogP contribution in [0.15, 0.2) is 43.0 Å². The molecule has 0 bridgehead atoms.